The fourth-order valence-corrected chi connectivity index (χ4v) is 2.62. The fraction of sp³-hybridized carbons (Fsp3) is 0.375. The van der Waals surface area contributed by atoms with E-state index in [0.29, 0.717) is 12.5 Å². The minimum absolute atomic E-state index is 0.324. The van der Waals surface area contributed by atoms with E-state index in [-0.39, 0.29) is 0 Å². The molecule has 0 saturated carbocycles. The Morgan fingerprint density at radius 3 is 2.40 bits per heavy atom. The van der Waals surface area contributed by atoms with Crippen molar-refractivity contribution in [1.82, 2.24) is 9.97 Å². The quantitative estimate of drug-likeness (QED) is 0.929. The second kappa shape index (κ2) is 5.21. The van der Waals surface area contributed by atoms with Crippen molar-refractivity contribution in [2.24, 2.45) is 5.73 Å². The summed E-state index contributed by atoms with van der Waals surface area (Å²) < 4.78 is 0. The van der Waals surface area contributed by atoms with Crippen molar-refractivity contribution in [2.75, 3.05) is 4.90 Å². The summed E-state index contributed by atoms with van der Waals surface area (Å²) in [4.78, 5) is 11.4. The second-order valence-electron chi connectivity index (χ2n) is 5.54. The molecule has 2 N–H and O–H groups in total. The Hall–Kier alpha value is -1.94. The molecular formula is C16H20N4. The predicted molar refractivity (Wildman–Crippen MR) is 80.3 cm³/mol. The zero-order valence-electron chi connectivity index (χ0n) is 12.0. The van der Waals surface area contributed by atoms with Crippen molar-refractivity contribution < 1.29 is 0 Å². The van der Waals surface area contributed by atoms with E-state index in [9.17, 15) is 0 Å². The molecule has 1 aliphatic rings. The van der Waals surface area contributed by atoms with Crippen molar-refractivity contribution in [2.45, 2.75) is 39.4 Å². The van der Waals surface area contributed by atoms with Crippen LogP contribution < -0.4 is 10.6 Å². The van der Waals surface area contributed by atoms with Crippen molar-refractivity contribution in [3.63, 3.8) is 0 Å². The molecular weight excluding hydrogens is 248 g/mol. The second-order valence-corrected chi connectivity index (χ2v) is 5.54. The number of fused-ring (bicyclic) bond motifs is 1. The third-order valence-electron chi connectivity index (χ3n) is 3.76. The average molecular weight is 268 g/mol. The van der Waals surface area contributed by atoms with Gasteiger partial charge in [-0.15, -0.1) is 0 Å². The molecule has 2 aromatic rings. The molecule has 0 bridgehead atoms. The smallest absolute Gasteiger partial charge is 0.131 e. The van der Waals surface area contributed by atoms with E-state index in [1.807, 2.05) is 6.20 Å². The largest absolute Gasteiger partial charge is 0.360 e. The van der Waals surface area contributed by atoms with Crippen LogP contribution in [0.4, 0.5) is 5.69 Å². The van der Waals surface area contributed by atoms with Crippen molar-refractivity contribution in [3.8, 4) is 0 Å². The van der Waals surface area contributed by atoms with Crippen molar-refractivity contribution in [1.29, 1.82) is 0 Å². The van der Waals surface area contributed by atoms with Gasteiger partial charge in [-0.05, 0) is 11.1 Å². The molecule has 104 valence electrons. The van der Waals surface area contributed by atoms with Gasteiger partial charge in [0.25, 0.3) is 0 Å². The van der Waals surface area contributed by atoms with E-state index in [1.54, 1.807) is 0 Å². The Bertz CT molecular complexity index is 597. The van der Waals surface area contributed by atoms with Crippen LogP contribution in [0.5, 0.6) is 0 Å². The topological polar surface area (TPSA) is 55.0 Å². The molecule has 0 aliphatic carbocycles. The van der Waals surface area contributed by atoms with Gasteiger partial charge < -0.3 is 10.6 Å². The van der Waals surface area contributed by atoms with E-state index in [2.05, 4.69) is 53.0 Å². The molecule has 0 amide bonds. The normalized spacial score (nSPS) is 13.9. The van der Waals surface area contributed by atoms with Crippen LogP contribution in [0.1, 0.15) is 42.4 Å². The van der Waals surface area contributed by atoms with Crippen LogP contribution in [-0.4, -0.2) is 9.97 Å². The summed E-state index contributed by atoms with van der Waals surface area (Å²) in [5.74, 6) is 1.19. The highest BCUT2D eigenvalue weighted by Gasteiger charge is 2.21. The molecule has 0 spiro atoms. The monoisotopic (exact) mass is 268 g/mol. The highest BCUT2D eigenvalue weighted by Crippen LogP contribution is 2.29. The minimum Gasteiger partial charge on any atom is -0.360 e. The highest BCUT2D eigenvalue weighted by atomic mass is 15.2. The molecule has 1 aromatic carbocycles. The van der Waals surface area contributed by atoms with Gasteiger partial charge >= 0.3 is 0 Å². The summed E-state index contributed by atoms with van der Waals surface area (Å²) in [5, 5.41) is 0. The number of hydrogen-bond donors (Lipinski definition) is 1. The van der Waals surface area contributed by atoms with Gasteiger partial charge in [0, 0.05) is 25.6 Å². The van der Waals surface area contributed by atoms with Crippen LogP contribution in [0.2, 0.25) is 0 Å². The Balaban J connectivity index is 1.92. The first-order chi connectivity index (χ1) is 9.69. The van der Waals surface area contributed by atoms with Gasteiger partial charge in [-0.1, -0.05) is 38.1 Å². The number of hydrogen-bond acceptors (Lipinski definition) is 4. The Morgan fingerprint density at radius 1 is 1.20 bits per heavy atom. The van der Waals surface area contributed by atoms with Crippen LogP contribution >= 0.6 is 0 Å². The van der Waals surface area contributed by atoms with E-state index in [1.165, 1.54) is 11.1 Å². The van der Waals surface area contributed by atoms with Gasteiger partial charge in [0.05, 0.1) is 17.6 Å². The maximum Gasteiger partial charge on any atom is 0.131 e. The van der Waals surface area contributed by atoms with Crippen LogP contribution in [0.3, 0.4) is 0 Å². The predicted octanol–water partition coefficient (Wildman–Crippen LogP) is 2.58. The SMILES string of the molecule is CC(C)c1ncc(N2Cc3ccccc3C2)c(CN)n1. The lowest BCUT2D eigenvalue weighted by atomic mass is 10.1. The van der Waals surface area contributed by atoms with E-state index in [4.69, 9.17) is 5.73 Å². The first kappa shape index (κ1) is 13.1. The molecule has 0 fully saturated rings. The zero-order chi connectivity index (χ0) is 14.1. The maximum absolute atomic E-state index is 5.88. The third-order valence-corrected chi connectivity index (χ3v) is 3.76. The average Bonchev–Trinajstić information content (AvgIpc) is 2.90. The minimum atomic E-state index is 0.324. The van der Waals surface area contributed by atoms with Crippen LogP contribution in [0.25, 0.3) is 0 Å². The van der Waals surface area contributed by atoms with Gasteiger partial charge in [-0.2, -0.15) is 0 Å². The molecule has 0 saturated heterocycles. The molecule has 4 heteroatoms. The Morgan fingerprint density at radius 2 is 1.85 bits per heavy atom. The van der Waals surface area contributed by atoms with Gasteiger partial charge in [0.15, 0.2) is 0 Å². The summed E-state index contributed by atoms with van der Waals surface area (Å²) in [5.41, 5.74) is 10.6. The Labute approximate surface area is 119 Å². The van der Waals surface area contributed by atoms with Gasteiger partial charge in [0.2, 0.25) is 0 Å². The van der Waals surface area contributed by atoms with Gasteiger partial charge in [0.1, 0.15) is 5.82 Å². The number of nitrogens with zero attached hydrogens (tertiary/aromatic N) is 3. The summed E-state index contributed by atoms with van der Waals surface area (Å²) in [6, 6.07) is 8.54. The third kappa shape index (κ3) is 2.27. The lowest BCUT2D eigenvalue weighted by Gasteiger charge is -2.20. The summed E-state index contributed by atoms with van der Waals surface area (Å²) in [7, 11) is 0. The molecule has 0 radical (unpaired) electrons. The highest BCUT2D eigenvalue weighted by molar-refractivity contribution is 5.53. The molecule has 0 atom stereocenters. The molecule has 20 heavy (non-hydrogen) atoms. The van der Waals surface area contributed by atoms with Gasteiger partial charge in [-0.3, -0.25) is 0 Å². The Kier molecular flexibility index (Phi) is 3.40. The van der Waals surface area contributed by atoms with Crippen LogP contribution in [0, 0.1) is 0 Å². The molecule has 0 unspecified atom stereocenters. The summed E-state index contributed by atoms with van der Waals surface area (Å²) >= 11 is 0. The van der Waals surface area contributed by atoms with E-state index < -0.39 is 0 Å². The van der Waals surface area contributed by atoms with Crippen LogP contribution in [0.15, 0.2) is 30.5 Å². The molecule has 2 heterocycles. The maximum atomic E-state index is 5.88. The summed E-state index contributed by atoms with van der Waals surface area (Å²) in [6.45, 7) is 6.47. The number of anilines is 1. The number of benzene rings is 1. The van der Waals surface area contributed by atoms with Gasteiger partial charge in [-0.25, -0.2) is 9.97 Å². The number of aromatic nitrogens is 2. The zero-order valence-corrected chi connectivity index (χ0v) is 12.0. The van der Waals surface area contributed by atoms with Crippen molar-refractivity contribution in [3.05, 3.63) is 53.1 Å². The lowest BCUT2D eigenvalue weighted by molar-refractivity contribution is 0.744. The number of rotatable bonds is 3. The molecule has 4 nitrogen and oxygen atoms in total. The fourth-order valence-electron chi connectivity index (χ4n) is 2.62. The van der Waals surface area contributed by atoms with E-state index in [0.717, 1.165) is 30.3 Å². The number of nitrogens with two attached hydrogens (primary N) is 1. The molecule has 3 rings (SSSR count). The van der Waals surface area contributed by atoms with E-state index >= 15 is 0 Å². The first-order valence-electron chi connectivity index (χ1n) is 7.06. The summed E-state index contributed by atoms with van der Waals surface area (Å²) in [6.07, 6.45) is 1.93. The van der Waals surface area contributed by atoms with Crippen molar-refractivity contribution >= 4 is 5.69 Å². The molecule has 1 aliphatic heterocycles. The molecule has 1 aromatic heterocycles. The van der Waals surface area contributed by atoms with Crippen LogP contribution in [-0.2, 0) is 19.6 Å². The first-order valence-corrected chi connectivity index (χ1v) is 7.06. The lowest BCUT2D eigenvalue weighted by Crippen LogP contribution is -2.20. The standard InChI is InChI=1S/C16H20N4/c1-11(2)16-18-8-15(14(7-17)19-16)20-9-12-5-3-4-6-13(12)10-20/h3-6,8,11H,7,9-10,17H2,1-2H3.